The van der Waals surface area contributed by atoms with Crippen molar-refractivity contribution in [2.24, 2.45) is 0 Å². The Morgan fingerprint density at radius 1 is 0.647 bits per heavy atom. The first-order valence-corrected chi connectivity index (χ1v) is 18.1. The Labute approximate surface area is 297 Å². The lowest BCUT2D eigenvalue weighted by molar-refractivity contribution is -0.0193. The number of carbonyl (C=O) groups is 2. The molecule has 0 unspecified atom stereocenters. The summed E-state index contributed by atoms with van der Waals surface area (Å²) in [4.78, 5) is 23.1. The molecule has 4 aromatic rings. The van der Waals surface area contributed by atoms with Crippen LogP contribution in [0.1, 0.15) is 52.8 Å². The van der Waals surface area contributed by atoms with Gasteiger partial charge < -0.3 is 33.9 Å². The third kappa shape index (κ3) is 12.1. The normalized spacial score (nSPS) is 11.1. The van der Waals surface area contributed by atoms with Crippen molar-refractivity contribution >= 4 is 19.9 Å². The molecule has 0 atom stereocenters. The van der Waals surface area contributed by atoms with Gasteiger partial charge in [-0.2, -0.15) is 0 Å². The Balaban J connectivity index is 1.44. The van der Waals surface area contributed by atoms with Crippen LogP contribution in [0.15, 0.2) is 78.9 Å². The highest BCUT2D eigenvalue weighted by molar-refractivity contribution is 7.53. The highest BCUT2D eigenvalue weighted by atomic mass is 31.2. The van der Waals surface area contributed by atoms with Crippen LogP contribution < -0.4 is 4.74 Å². The van der Waals surface area contributed by atoms with Gasteiger partial charge in [0.2, 0.25) is 13.6 Å². The zero-order chi connectivity index (χ0) is 36.8. The van der Waals surface area contributed by atoms with E-state index in [9.17, 15) is 24.4 Å². The third-order valence-corrected chi connectivity index (χ3v) is 9.39. The summed E-state index contributed by atoms with van der Waals surface area (Å²) in [6, 6.07) is 24.1. The van der Waals surface area contributed by atoms with E-state index in [2.05, 4.69) is 9.47 Å². The van der Waals surface area contributed by atoms with E-state index in [0.717, 1.165) is 33.4 Å². The molecule has 13 heteroatoms. The first-order chi connectivity index (χ1) is 24.5. The first kappa shape index (κ1) is 38.8. The minimum Gasteiger partial charge on any atom is -0.508 e. The van der Waals surface area contributed by atoms with Gasteiger partial charge in [0.1, 0.15) is 23.0 Å². The fourth-order valence-electron chi connectivity index (χ4n) is 5.22. The van der Waals surface area contributed by atoms with Crippen molar-refractivity contribution < 1.29 is 57.1 Å². The Hall–Kier alpha value is -5.03. The molecule has 4 rings (SSSR count). The second-order valence-corrected chi connectivity index (χ2v) is 13.7. The smallest absolute Gasteiger partial charge is 0.508 e. The van der Waals surface area contributed by atoms with E-state index < -0.39 is 33.5 Å². The Morgan fingerprint density at radius 3 is 1.78 bits per heavy atom. The quantitative estimate of drug-likeness (QED) is 0.0608. The number of ether oxygens (including phenoxy) is 5. The van der Waals surface area contributed by atoms with E-state index in [4.69, 9.17) is 23.3 Å². The lowest BCUT2D eigenvalue weighted by Gasteiger charge is -2.19. The maximum atomic E-state index is 13.5. The number of carbonyl (C=O) groups excluding carboxylic acids is 2. The predicted octanol–water partition coefficient (Wildman–Crippen LogP) is 8.72. The van der Waals surface area contributed by atoms with E-state index in [1.54, 1.807) is 38.1 Å². The molecule has 0 aliphatic heterocycles. The van der Waals surface area contributed by atoms with Crippen molar-refractivity contribution in [3.8, 4) is 23.0 Å². The van der Waals surface area contributed by atoms with Crippen molar-refractivity contribution in [1.82, 2.24) is 0 Å². The van der Waals surface area contributed by atoms with Gasteiger partial charge in [-0.05, 0) is 91.8 Å². The maximum absolute atomic E-state index is 13.5. The minimum atomic E-state index is -3.93. The third-order valence-electron chi connectivity index (χ3n) is 7.62. The van der Waals surface area contributed by atoms with Gasteiger partial charge >= 0.3 is 19.9 Å². The van der Waals surface area contributed by atoms with E-state index in [1.165, 1.54) is 0 Å². The molecule has 0 aliphatic carbocycles. The molecule has 0 bridgehead atoms. The molecule has 0 aromatic heterocycles. The van der Waals surface area contributed by atoms with Gasteiger partial charge in [0.05, 0.1) is 19.4 Å². The van der Waals surface area contributed by atoms with Gasteiger partial charge in [-0.1, -0.05) is 54.6 Å². The van der Waals surface area contributed by atoms with E-state index in [-0.39, 0.29) is 37.3 Å². The monoisotopic (exact) mass is 722 g/mol. The van der Waals surface area contributed by atoms with Crippen molar-refractivity contribution in [2.45, 2.75) is 47.0 Å². The van der Waals surface area contributed by atoms with Crippen LogP contribution in [0.25, 0.3) is 0 Å². The molecule has 12 nitrogen and oxygen atoms in total. The van der Waals surface area contributed by atoms with Crippen LogP contribution in [0.4, 0.5) is 9.59 Å². The summed E-state index contributed by atoms with van der Waals surface area (Å²) in [5.41, 5.74) is 5.86. The summed E-state index contributed by atoms with van der Waals surface area (Å²) in [5.74, 6) is 1.48. The topological polar surface area (TPSA) is 156 Å². The summed E-state index contributed by atoms with van der Waals surface area (Å²) < 4.78 is 49.3. The summed E-state index contributed by atoms with van der Waals surface area (Å²) in [5, 5.41) is 21.2. The average Bonchev–Trinajstić information content (AvgIpc) is 3.09. The second kappa shape index (κ2) is 18.8. The molecular formula is C38H43O12P. The van der Waals surface area contributed by atoms with Gasteiger partial charge in [-0.25, -0.2) is 9.59 Å². The number of phenols is 2. The van der Waals surface area contributed by atoms with E-state index in [0.29, 0.717) is 29.9 Å². The van der Waals surface area contributed by atoms with E-state index >= 15 is 0 Å². The highest BCUT2D eigenvalue weighted by Gasteiger charge is 2.27. The standard InChI is InChI=1S/C38H43O12P/c1-5-44-37(41)46-24-48-51(43,49-25-47-38(42)45-6-2)17-16-30-18-26(3)36(27(4)19-30)50-33-13-15-35(40)32(23-33)22-29-12-14-34(39)31(21-29)20-28-10-8-7-9-11-28/h7-15,18-19,21,23,39-40H,5-6,16-17,20,22,24-25H2,1-4H3. The molecular weight excluding hydrogens is 679 g/mol. The highest BCUT2D eigenvalue weighted by Crippen LogP contribution is 2.49. The number of aryl methyl sites for hydroxylation is 3. The van der Waals surface area contributed by atoms with Crippen molar-refractivity contribution in [3.05, 3.63) is 118 Å². The second-order valence-electron chi connectivity index (χ2n) is 11.5. The number of rotatable bonds is 17. The summed E-state index contributed by atoms with van der Waals surface area (Å²) >= 11 is 0. The molecule has 0 saturated carbocycles. The number of benzene rings is 4. The molecule has 2 N–H and O–H groups in total. The maximum Gasteiger partial charge on any atom is 0.510 e. The minimum absolute atomic E-state index is 0.0861. The van der Waals surface area contributed by atoms with Crippen LogP contribution in [-0.2, 0) is 51.8 Å². The van der Waals surface area contributed by atoms with Gasteiger partial charge in [0, 0.05) is 18.4 Å². The Bertz CT molecular complexity index is 1770. The SMILES string of the molecule is CCOC(=O)OCOP(=O)(CCc1cc(C)c(Oc2ccc(O)c(Cc3ccc(O)c(Cc4ccccc4)c3)c2)c(C)c1)OCOC(=O)OCC. The number of phenolic OH excluding ortho intramolecular Hbond substituents is 2. The molecule has 0 aliphatic rings. The summed E-state index contributed by atoms with van der Waals surface area (Å²) in [6.45, 7) is 5.74. The molecule has 0 heterocycles. The van der Waals surface area contributed by atoms with Crippen molar-refractivity contribution in [1.29, 1.82) is 0 Å². The molecule has 0 radical (unpaired) electrons. The lowest BCUT2D eigenvalue weighted by Crippen LogP contribution is -2.14. The Morgan fingerprint density at radius 2 is 1.20 bits per heavy atom. The predicted molar refractivity (Wildman–Crippen MR) is 189 cm³/mol. The fourth-order valence-corrected chi connectivity index (χ4v) is 6.51. The van der Waals surface area contributed by atoms with Crippen LogP contribution in [0.2, 0.25) is 0 Å². The molecule has 4 aromatic carbocycles. The number of aromatic hydroxyl groups is 2. The summed E-state index contributed by atoms with van der Waals surface area (Å²) in [7, 11) is -3.93. The van der Waals surface area contributed by atoms with Crippen LogP contribution in [0, 0.1) is 13.8 Å². The van der Waals surface area contributed by atoms with Gasteiger partial charge in [-0.15, -0.1) is 0 Å². The van der Waals surface area contributed by atoms with Crippen LogP contribution in [0.5, 0.6) is 23.0 Å². The molecule has 0 fully saturated rings. The first-order valence-electron chi connectivity index (χ1n) is 16.4. The van der Waals surface area contributed by atoms with Gasteiger partial charge in [-0.3, -0.25) is 13.6 Å². The Kier molecular flexibility index (Phi) is 14.3. The zero-order valence-corrected chi connectivity index (χ0v) is 30.0. The van der Waals surface area contributed by atoms with Gasteiger partial charge in [0.25, 0.3) is 0 Å². The van der Waals surface area contributed by atoms with Crippen LogP contribution >= 0.6 is 7.60 Å². The zero-order valence-electron chi connectivity index (χ0n) is 29.1. The summed E-state index contributed by atoms with van der Waals surface area (Å²) in [6.07, 6.45) is -0.890. The lowest BCUT2D eigenvalue weighted by atomic mass is 9.98. The number of hydrogen-bond donors (Lipinski definition) is 2. The van der Waals surface area contributed by atoms with E-state index in [1.807, 2.05) is 68.4 Å². The van der Waals surface area contributed by atoms with Gasteiger partial charge in [0.15, 0.2) is 0 Å². The van der Waals surface area contributed by atoms with Crippen molar-refractivity contribution in [3.63, 3.8) is 0 Å². The van der Waals surface area contributed by atoms with Crippen LogP contribution in [-0.4, -0.2) is 55.5 Å². The number of hydrogen-bond acceptors (Lipinski definition) is 12. The van der Waals surface area contributed by atoms with Crippen molar-refractivity contribution in [2.75, 3.05) is 33.0 Å². The van der Waals surface area contributed by atoms with Crippen LogP contribution in [0.3, 0.4) is 0 Å². The fraction of sp³-hybridized carbons (Fsp3) is 0.316. The molecule has 51 heavy (non-hydrogen) atoms. The molecule has 0 saturated heterocycles. The largest absolute Gasteiger partial charge is 0.510 e. The molecule has 272 valence electrons. The average molecular weight is 723 g/mol. The molecule has 0 amide bonds. The molecule has 0 spiro atoms.